The largest absolute Gasteiger partial charge is 0.489 e. The highest BCUT2D eigenvalue weighted by Crippen LogP contribution is 2.37. The van der Waals surface area contributed by atoms with Crippen LogP contribution in [-0.4, -0.2) is 35.3 Å². The number of carbonyl (C=O) groups is 1. The smallest absolute Gasteiger partial charge is 0.278 e. The first-order chi connectivity index (χ1) is 19.7. The van der Waals surface area contributed by atoms with E-state index in [1.807, 2.05) is 66.4 Å². The van der Waals surface area contributed by atoms with Crippen molar-refractivity contribution >= 4 is 17.7 Å². The van der Waals surface area contributed by atoms with Crippen LogP contribution < -0.4 is 20.3 Å². The van der Waals surface area contributed by atoms with Crippen molar-refractivity contribution in [1.82, 2.24) is 9.58 Å². The number of nitrogens with one attached hydrogen (secondary N) is 1. The SMILES string of the molecule is O=C1c2c(OCc3ccccc3)c(=O)ccn2NCN1C/C=C\COc1cccc2c1Cc1ccccc1SC2. The van der Waals surface area contributed by atoms with Gasteiger partial charge in [-0.15, -0.1) is 11.8 Å². The molecule has 1 amide bonds. The molecule has 0 bridgehead atoms. The maximum Gasteiger partial charge on any atom is 0.278 e. The number of thioether (sulfide) groups is 1. The first kappa shape index (κ1) is 25.8. The van der Waals surface area contributed by atoms with Gasteiger partial charge in [0.05, 0.1) is 0 Å². The number of benzene rings is 3. The molecule has 4 aromatic rings. The molecule has 0 saturated carbocycles. The van der Waals surface area contributed by atoms with Gasteiger partial charge in [0.25, 0.3) is 5.91 Å². The first-order valence-corrected chi connectivity index (χ1v) is 14.2. The maximum absolute atomic E-state index is 13.4. The van der Waals surface area contributed by atoms with E-state index >= 15 is 0 Å². The molecule has 2 aliphatic heterocycles. The summed E-state index contributed by atoms with van der Waals surface area (Å²) >= 11 is 1.86. The minimum absolute atomic E-state index is 0.0466. The van der Waals surface area contributed by atoms with E-state index in [2.05, 4.69) is 35.8 Å². The molecule has 1 N–H and O–H groups in total. The van der Waals surface area contributed by atoms with E-state index in [1.165, 1.54) is 27.7 Å². The van der Waals surface area contributed by atoms with Gasteiger partial charge in [0.2, 0.25) is 5.43 Å². The molecular formula is C32H29N3O4S. The van der Waals surface area contributed by atoms with Crippen LogP contribution in [0.1, 0.15) is 32.7 Å². The van der Waals surface area contributed by atoms with Crippen LogP contribution in [0.2, 0.25) is 0 Å². The zero-order valence-electron chi connectivity index (χ0n) is 21.9. The number of nitrogens with zero attached hydrogens (tertiary/aromatic N) is 2. The summed E-state index contributed by atoms with van der Waals surface area (Å²) in [7, 11) is 0. The van der Waals surface area contributed by atoms with Crippen LogP contribution in [0.3, 0.4) is 0 Å². The molecule has 0 spiro atoms. The molecule has 0 saturated heterocycles. The third-order valence-electron chi connectivity index (χ3n) is 6.98. The van der Waals surface area contributed by atoms with Crippen molar-refractivity contribution in [2.75, 3.05) is 25.2 Å². The molecule has 2 aliphatic rings. The Balaban J connectivity index is 1.10. The van der Waals surface area contributed by atoms with Crippen LogP contribution in [0.25, 0.3) is 0 Å². The summed E-state index contributed by atoms with van der Waals surface area (Å²) in [5, 5.41) is 0. The Morgan fingerprint density at radius 1 is 0.875 bits per heavy atom. The molecule has 6 rings (SSSR count). The summed E-state index contributed by atoms with van der Waals surface area (Å²) in [6.07, 6.45) is 6.24. The van der Waals surface area contributed by atoms with Crippen molar-refractivity contribution in [2.45, 2.75) is 23.7 Å². The lowest BCUT2D eigenvalue weighted by molar-refractivity contribution is 0.0738. The normalized spacial score (nSPS) is 14.1. The van der Waals surface area contributed by atoms with Gasteiger partial charge in [0.1, 0.15) is 25.6 Å². The average Bonchev–Trinajstić information content (AvgIpc) is 3.18. The van der Waals surface area contributed by atoms with Crippen molar-refractivity contribution in [3.05, 3.63) is 135 Å². The van der Waals surface area contributed by atoms with Crippen LogP contribution in [0.5, 0.6) is 11.5 Å². The Morgan fingerprint density at radius 3 is 2.60 bits per heavy atom. The number of hydrogen-bond acceptors (Lipinski definition) is 6. The maximum atomic E-state index is 13.4. The monoisotopic (exact) mass is 551 g/mol. The lowest BCUT2D eigenvalue weighted by Gasteiger charge is -2.31. The van der Waals surface area contributed by atoms with Crippen molar-refractivity contribution in [3.8, 4) is 11.5 Å². The average molecular weight is 552 g/mol. The Morgan fingerprint density at radius 2 is 1.70 bits per heavy atom. The van der Waals surface area contributed by atoms with Crippen LogP contribution >= 0.6 is 11.8 Å². The number of fused-ring (bicyclic) bond motifs is 3. The van der Waals surface area contributed by atoms with E-state index in [9.17, 15) is 9.59 Å². The summed E-state index contributed by atoms with van der Waals surface area (Å²) in [6, 6.07) is 25.7. The van der Waals surface area contributed by atoms with E-state index in [0.29, 0.717) is 19.8 Å². The molecule has 0 fully saturated rings. The number of aromatic nitrogens is 1. The fraction of sp³-hybridized carbons (Fsp3) is 0.188. The molecule has 0 aliphatic carbocycles. The van der Waals surface area contributed by atoms with Gasteiger partial charge in [-0.25, -0.2) is 0 Å². The van der Waals surface area contributed by atoms with Gasteiger partial charge in [0.15, 0.2) is 11.4 Å². The van der Waals surface area contributed by atoms with Crippen molar-refractivity contribution in [3.63, 3.8) is 0 Å². The van der Waals surface area contributed by atoms with Gasteiger partial charge in [-0.1, -0.05) is 66.7 Å². The minimum atomic E-state index is -0.328. The summed E-state index contributed by atoms with van der Waals surface area (Å²) in [5.74, 6) is 1.59. The van der Waals surface area contributed by atoms with Gasteiger partial charge in [-0.2, -0.15) is 0 Å². The number of carbonyl (C=O) groups excluding carboxylic acids is 1. The first-order valence-electron chi connectivity index (χ1n) is 13.2. The Labute approximate surface area is 237 Å². The lowest BCUT2D eigenvalue weighted by Crippen LogP contribution is -2.46. The summed E-state index contributed by atoms with van der Waals surface area (Å²) in [5.41, 5.74) is 7.79. The zero-order chi connectivity index (χ0) is 27.3. The highest BCUT2D eigenvalue weighted by Gasteiger charge is 2.28. The molecule has 0 atom stereocenters. The van der Waals surface area contributed by atoms with Crippen molar-refractivity contribution in [1.29, 1.82) is 0 Å². The molecule has 1 aromatic heterocycles. The number of ether oxygens (including phenoxy) is 2. The molecular weight excluding hydrogens is 522 g/mol. The molecule has 3 aromatic carbocycles. The molecule has 0 unspecified atom stereocenters. The molecule has 202 valence electrons. The summed E-state index contributed by atoms with van der Waals surface area (Å²) < 4.78 is 13.6. The van der Waals surface area contributed by atoms with Crippen LogP contribution in [-0.2, 0) is 18.8 Å². The van der Waals surface area contributed by atoms with E-state index in [-0.39, 0.29) is 29.4 Å². The molecule has 3 heterocycles. The number of rotatable bonds is 8. The van der Waals surface area contributed by atoms with E-state index < -0.39 is 0 Å². The predicted molar refractivity (Wildman–Crippen MR) is 157 cm³/mol. The second-order valence-corrected chi connectivity index (χ2v) is 10.6. The quantitative estimate of drug-likeness (QED) is 0.303. The van der Waals surface area contributed by atoms with Gasteiger partial charge < -0.3 is 19.8 Å². The topological polar surface area (TPSA) is 72.8 Å². The number of hydrogen-bond donors (Lipinski definition) is 1. The third kappa shape index (κ3) is 5.49. The highest BCUT2D eigenvalue weighted by atomic mass is 32.2. The Hall–Kier alpha value is -4.43. The second kappa shape index (κ2) is 11.8. The molecule has 40 heavy (non-hydrogen) atoms. The van der Waals surface area contributed by atoms with Gasteiger partial charge in [-0.3, -0.25) is 14.3 Å². The van der Waals surface area contributed by atoms with Crippen LogP contribution in [0, 0.1) is 0 Å². The standard InChI is InChI=1S/C32H29N3O4S/c36-27-15-17-35-30(31(27)39-20-23-9-2-1-3-10-23)32(37)34(22-33-35)16-6-7-18-38-28-13-8-12-25-21-40-29-14-5-4-11-24(29)19-26(25)28/h1-15,17,33H,16,18-22H2/b7-6-. The minimum Gasteiger partial charge on any atom is -0.489 e. The van der Waals surface area contributed by atoms with Gasteiger partial charge in [-0.05, 0) is 34.9 Å². The fourth-order valence-electron chi connectivity index (χ4n) is 4.88. The van der Waals surface area contributed by atoms with Gasteiger partial charge in [0, 0.05) is 41.4 Å². The van der Waals surface area contributed by atoms with E-state index in [0.717, 1.165) is 23.5 Å². The van der Waals surface area contributed by atoms with Crippen LogP contribution in [0.15, 0.2) is 107 Å². The fourth-order valence-corrected chi connectivity index (χ4v) is 5.96. The van der Waals surface area contributed by atoms with Gasteiger partial charge >= 0.3 is 0 Å². The second-order valence-electron chi connectivity index (χ2n) is 9.60. The zero-order valence-corrected chi connectivity index (χ0v) is 22.7. The number of pyridine rings is 1. The number of amides is 1. The van der Waals surface area contributed by atoms with Crippen molar-refractivity contribution in [2.24, 2.45) is 0 Å². The Kier molecular flexibility index (Phi) is 7.59. The predicted octanol–water partition coefficient (Wildman–Crippen LogP) is 5.22. The van der Waals surface area contributed by atoms with E-state index in [1.54, 1.807) is 15.8 Å². The lowest BCUT2D eigenvalue weighted by atomic mass is 9.99. The highest BCUT2D eigenvalue weighted by molar-refractivity contribution is 7.98. The third-order valence-corrected chi connectivity index (χ3v) is 8.15. The van der Waals surface area contributed by atoms with Crippen molar-refractivity contribution < 1.29 is 14.3 Å². The van der Waals surface area contributed by atoms with E-state index in [4.69, 9.17) is 9.47 Å². The Bertz CT molecular complexity index is 1620. The van der Waals surface area contributed by atoms with Crippen LogP contribution in [0.4, 0.5) is 0 Å². The molecule has 0 radical (unpaired) electrons. The summed E-state index contributed by atoms with van der Waals surface area (Å²) in [6.45, 7) is 1.27. The molecule has 7 nitrogen and oxygen atoms in total. The summed E-state index contributed by atoms with van der Waals surface area (Å²) in [4.78, 5) is 28.9. The molecule has 8 heteroatoms.